The van der Waals surface area contributed by atoms with Gasteiger partial charge in [0.15, 0.2) is 0 Å². The number of carbonyl (C=O) groups is 2. The first-order valence-electron chi connectivity index (χ1n) is 4.86. The quantitative estimate of drug-likeness (QED) is 0.591. The third kappa shape index (κ3) is 6.40. The van der Waals surface area contributed by atoms with E-state index >= 15 is 0 Å². The van der Waals surface area contributed by atoms with Gasteiger partial charge in [-0.15, -0.1) is 0 Å². The van der Waals surface area contributed by atoms with Gasteiger partial charge in [0, 0.05) is 12.4 Å². The maximum absolute atomic E-state index is 10.0. The second-order valence-electron chi connectivity index (χ2n) is 3.00. The Morgan fingerprint density at radius 2 is 1.16 bits per heavy atom. The number of carbonyl (C=O) groups excluding carboxylic acids is 2. The number of aromatic carboxylic acids is 2. The van der Waals surface area contributed by atoms with Crippen LogP contribution >= 0.6 is 0 Å². The summed E-state index contributed by atoms with van der Waals surface area (Å²) in [5, 5.41) is 20.1. The van der Waals surface area contributed by atoms with Gasteiger partial charge in [0.1, 0.15) is 0 Å². The van der Waals surface area contributed by atoms with Crippen LogP contribution in [-0.2, 0) is 20.1 Å². The molecule has 0 unspecified atom stereocenters. The first kappa shape index (κ1) is 16.9. The zero-order valence-corrected chi connectivity index (χ0v) is 11.9. The molecule has 2 heterocycles. The van der Waals surface area contributed by atoms with Gasteiger partial charge in [0.05, 0.1) is 23.3 Å². The summed E-state index contributed by atoms with van der Waals surface area (Å²) in [6, 6.07) is 9.25. The van der Waals surface area contributed by atoms with E-state index in [0.717, 1.165) is 0 Å². The Balaban J connectivity index is 0.000000324. The van der Waals surface area contributed by atoms with Gasteiger partial charge in [0.25, 0.3) is 0 Å². The molecule has 0 saturated heterocycles. The molecule has 0 amide bonds. The van der Waals surface area contributed by atoms with Crippen molar-refractivity contribution in [1.29, 1.82) is 0 Å². The first-order valence-corrected chi connectivity index (χ1v) is 4.86. The van der Waals surface area contributed by atoms with Crippen molar-refractivity contribution in [3.63, 3.8) is 0 Å². The van der Waals surface area contributed by atoms with E-state index in [2.05, 4.69) is 9.97 Å². The van der Waals surface area contributed by atoms with Gasteiger partial charge in [-0.3, -0.25) is 9.97 Å². The van der Waals surface area contributed by atoms with Crippen LogP contribution in [0.2, 0.25) is 0 Å². The predicted molar refractivity (Wildman–Crippen MR) is 57.1 cm³/mol. The van der Waals surface area contributed by atoms with E-state index in [-0.39, 0.29) is 31.5 Å². The fourth-order valence-corrected chi connectivity index (χ4v) is 0.967. The topological polar surface area (TPSA) is 106 Å². The van der Waals surface area contributed by atoms with Crippen LogP contribution in [-0.4, -0.2) is 21.9 Å². The van der Waals surface area contributed by atoms with Gasteiger partial charge in [-0.05, 0) is 24.3 Å². The minimum Gasteiger partial charge on any atom is -0.543 e. The van der Waals surface area contributed by atoms with E-state index in [1.165, 1.54) is 24.5 Å². The van der Waals surface area contributed by atoms with Gasteiger partial charge < -0.3 is 19.8 Å². The molecule has 2 rings (SSSR count). The molecule has 0 atom stereocenters. The number of hydrogen-bond acceptors (Lipinski definition) is 6. The van der Waals surface area contributed by atoms with Crippen molar-refractivity contribution in [3.8, 4) is 0 Å². The standard InChI is InChI=1S/2C6H5NO2.Ir/c2*8-6(9)5-3-1-2-4-7-5;/h2*1-4H,(H,8,9);/q;;+2/p-2. The summed E-state index contributed by atoms with van der Waals surface area (Å²) >= 11 is 0. The third-order valence-electron chi connectivity index (χ3n) is 1.75. The van der Waals surface area contributed by atoms with Crippen LogP contribution in [0.25, 0.3) is 0 Å². The monoisotopic (exact) mass is 437 g/mol. The summed E-state index contributed by atoms with van der Waals surface area (Å²) in [6.07, 6.45) is 2.82. The molecule has 0 saturated carbocycles. The Morgan fingerprint density at radius 1 is 0.789 bits per heavy atom. The average molecular weight is 436 g/mol. The van der Waals surface area contributed by atoms with Crippen molar-refractivity contribution in [2.24, 2.45) is 0 Å². The molecule has 0 aromatic carbocycles. The van der Waals surface area contributed by atoms with Crippen LogP contribution in [0.4, 0.5) is 0 Å². The van der Waals surface area contributed by atoms with Crippen LogP contribution in [0, 0.1) is 0 Å². The summed E-state index contributed by atoms with van der Waals surface area (Å²) in [6.45, 7) is 0. The third-order valence-corrected chi connectivity index (χ3v) is 1.75. The minimum absolute atomic E-state index is 0. The summed E-state index contributed by atoms with van der Waals surface area (Å²) in [5.74, 6) is -2.48. The van der Waals surface area contributed by atoms with Crippen molar-refractivity contribution in [3.05, 3.63) is 60.2 Å². The van der Waals surface area contributed by atoms with E-state index in [1.54, 1.807) is 24.3 Å². The normalized spacial score (nSPS) is 8.42. The maximum atomic E-state index is 10.0. The maximum Gasteiger partial charge on any atom is 2.00 e. The molecule has 2 aromatic rings. The fraction of sp³-hybridized carbons (Fsp3) is 0. The molecule has 0 aliphatic rings. The van der Waals surface area contributed by atoms with E-state index < -0.39 is 11.9 Å². The molecule has 0 N–H and O–H groups in total. The number of aromatic nitrogens is 2. The number of carboxylic acids is 2. The molecule has 0 aliphatic carbocycles. The van der Waals surface area contributed by atoms with E-state index in [4.69, 9.17) is 0 Å². The molecule has 0 spiro atoms. The average Bonchev–Trinajstić information content (AvgIpc) is 2.41. The molecule has 1 radical (unpaired) electrons. The van der Waals surface area contributed by atoms with Crippen molar-refractivity contribution >= 4 is 11.9 Å². The van der Waals surface area contributed by atoms with Gasteiger partial charge in [-0.1, -0.05) is 12.1 Å². The Labute approximate surface area is 122 Å². The zero-order valence-electron chi connectivity index (χ0n) is 9.48. The van der Waals surface area contributed by atoms with Crippen LogP contribution in [0.5, 0.6) is 0 Å². The number of hydrogen-bond donors (Lipinski definition) is 0. The summed E-state index contributed by atoms with van der Waals surface area (Å²) < 4.78 is 0. The zero-order chi connectivity index (χ0) is 13.4. The molecule has 99 valence electrons. The molecule has 6 nitrogen and oxygen atoms in total. The van der Waals surface area contributed by atoms with Crippen LogP contribution in [0.15, 0.2) is 48.8 Å². The van der Waals surface area contributed by atoms with Crippen LogP contribution in [0.1, 0.15) is 21.0 Å². The van der Waals surface area contributed by atoms with E-state index in [0.29, 0.717) is 0 Å². The minimum atomic E-state index is -1.24. The Morgan fingerprint density at radius 3 is 1.32 bits per heavy atom. The summed E-state index contributed by atoms with van der Waals surface area (Å²) in [5.41, 5.74) is -0.0602. The second-order valence-corrected chi connectivity index (χ2v) is 3.00. The smallest absolute Gasteiger partial charge is 0.543 e. The van der Waals surface area contributed by atoms with Crippen LogP contribution in [0.3, 0.4) is 0 Å². The van der Waals surface area contributed by atoms with Gasteiger partial charge in [0.2, 0.25) is 0 Å². The summed E-state index contributed by atoms with van der Waals surface area (Å²) in [7, 11) is 0. The van der Waals surface area contributed by atoms with Crippen molar-refractivity contribution in [1.82, 2.24) is 9.97 Å². The molecule has 0 bridgehead atoms. The van der Waals surface area contributed by atoms with E-state index in [1.807, 2.05) is 0 Å². The molecule has 7 heteroatoms. The molecule has 2 aromatic heterocycles. The Bertz CT molecular complexity index is 470. The van der Waals surface area contributed by atoms with Crippen molar-refractivity contribution < 1.29 is 39.9 Å². The Hall–Kier alpha value is -2.11. The first-order chi connectivity index (χ1) is 8.61. The second kappa shape index (κ2) is 8.90. The SMILES string of the molecule is O=C([O-])c1ccccn1.O=C([O-])c1ccccn1.[Ir+2]. The van der Waals surface area contributed by atoms with Crippen molar-refractivity contribution in [2.75, 3.05) is 0 Å². The molecular weight excluding hydrogens is 428 g/mol. The fourth-order valence-electron chi connectivity index (χ4n) is 0.967. The number of rotatable bonds is 2. The van der Waals surface area contributed by atoms with Crippen molar-refractivity contribution in [2.45, 2.75) is 0 Å². The van der Waals surface area contributed by atoms with Gasteiger partial charge in [-0.2, -0.15) is 0 Å². The predicted octanol–water partition coefficient (Wildman–Crippen LogP) is -1.11. The molecular formula is C12H8IrN2O4. The number of carboxylic acid groups (broad SMARTS) is 2. The molecule has 0 aliphatic heterocycles. The largest absolute Gasteiger partial charge is 2.00 e. The number of pyridine rings is 2. The van der Waals surface area contributed by atoms with Gasteiger partial charge in [-0.25, -0.2) is 0 Å². The van der Waals surface area contributed by atoms with E-state index in [9.17, 15) is 19.8 Å². The molecule has 19 heavy (non-hydrogen) atoms. The molecule has 0 fully saturated rings. The summed E-state index contributed by atoms with van der Waals surface area (Å²) in [4.78, 5) is 27.1. The number of nitrogens with zero attached hydrogens (tertiary/aromatic N) is 2. The Kier molecular flexibility index (Phi) is 7.92. The van der Waals surface area contributed by atoms with Crippen LogP contribution < -0.4 is 10.2 Å². The van der Waals surface area contributed by atoms with Gasteiger partial charge >= 0.3 is 20.1 Å².